The maximum absolute atomic E-state index is 11.8. The summed E-state index contributed by atoms with van der Waals surface area (Å²) < 4.78 is 17.3. The fraction of sp³-hybridized carbons (Fsp3) is 0.800. The number of carbonyl (C=O) groups excluding carboxylic acids is 1. The van der Waals surface area contributed by atoms with Crippen LogP contribution in [0.25, 0.3) is 0 Å². The van der Waals surface area contributed by atoms with Gasteiger partial charge in [0.25, 0.3) is 0 Å². The second-order valence-corrected chi connectivity index (χ2v) is 6.83. The van der Waals surface area contributed by atoms with Gasteiger partial charge in [0, 0.05) is 18.4 Å². The van der Waals surface area contributed by atoms with Gasteiger partial charge in [-0.1, -0.05) is 0 Å². The average Bonchev–Trinajstić information content (AvgIpc) is 3.15. The van der Waals surface area contributed by atoms with Gasteiger partial charge in [-0.05, 0) is 39.2 Å². The van der Waals surface area contributed by atoms with Crippen LogP contribution in [0.4, 0.5) is 0 Å². The molecule has 1 saturated carbocycles. The van der Waals surface area contributed by atoms with E-state index in [0.717, 1.165) is 36.8 Å². The molecule has 3 heterocycles. The molecule has 5 atom stereocenters. The first-order valence-electron chi connectivity index (χ1n) is 7.18. The highest BCUT2D eigenvalue weighted by Gasteiger charge is 2.60. The monoisotopic (exact) mass is 264 g/mol. The van der Waals surface area contributed by atoms with Crippen LogP contribution in [0.5, 0.6) is 0 Å². The molecular formula is C15H20O4. The molecule has 0 unspecified atom stereocenters. The normalized spacial score (nSPS) is 51.9. The summed E-state index contributed by atoms with van der Waals surface area (Å²) in [6.45, 7) is 6.17. The highest BCUT2D eigenvalue weighted by molar-refractivity contribution is 5.91. The fourth-order valence-electron chi connectivity index (χ4n) is 3.70. The van der Waals surface area contributed by atoms with E-state index in [1.807, 2.05) is 6.92 Å². The Morgan fingerprint density at radius 3 is 2.68 bits per heavy atom. The first-order chi connectivity index (χ1) is 8.91. The Balaban J connectivity index is 1.66. The van der Waals surface area contributed by atoms with E-state index in [9.17, 15) is 4.79 Å². The first-order valence-corrected chi connectivity index (χ1v) is 7.18. The van der Waals surface area contributed by atoms with Crippen molar-refractivity contribution in [1.82, 2.24) is 0 Å². The zero-order valence-electron chi connectivity index (χ0n) is 11.7. The molecule has 0 radical (unpaired) electrons. The Morgan fingerprint density at radius 1 is 1.16 bits per heavy atom. The number of hydrogen-bond acceptors (Lipinski definition) is 4. The van der Waals surface area contributed by atoms with Crippen LogP contribution in [0.3, 0.4) is 0 Å². The van der Waals surface area contributed by atoms with Crippen LogP contribution in [0, 0.1) is 0 Å². The highest BCUT2D eigenvalue weighted by Crippen LogP contribution is 2.53. The van der Waals surface area contributed by atoms with Crippen LogP contribution in [0.15, 0.2) is 11.1 Å². The lowest BCUT2D eigenvalue weighted by molar-refractivity contribution is -0.140. The van der Waals surface area contributed by atoms with E-state index in [2.05, 4.69) is 13.8 Å². The van der Waals surface area contributed by atoms with Crippen molar-refractivity contribution in [2.45, 2.75) is 76.0 Å². The van der Waals surface area contributed by atoms with Crippen molar-refractivity contribution in [2.75, 3.05) is 0 Å². The van der Waals surface area contributed by atoms with Gasteiger partial charge in [-0.3, -0.25) is 0 Å². The predicted molar refractivity (Wildman–Crippen MR) is 67.6 cm³/mol. The Kier molecular flexibility index (Phi) is 2.14. The number of ether oxygens (including phenoxy) is 3. The van der Waals surface area contributed by atoms with Crippen molar-refractivity contribution in [2.24, 2.45) is 0 Å². The lowest BCUT2D eigenvalue weighted by atomic mass is 9.85. The lowest BCUT2D eigenvalue weighted by Crippen LogP contribution is -2.25. The third-order valence-corrected chi connectivity index (χ3v) is 5.40. The van der Waals surface area contributed by atoms with Crippen molar-refractivity contribution < 1.29 is 19.0 Å². The van der Waals surface area contributed by atoms with E-state index in [-0.39, 0.29) is 29.4 Å². The third kappa shape index (κ3) is 1.69. The van der Waals surface area contributed by atoms with Crippen molar-refractivity contribution in [3.63, 3.8) is 0 Å². The minimum Gasteiger partial charge on any atom is -0.454 e. The topological polar surface area (TPSA) is 51.4 Å². The summed E-state index contributed by atoms with van der Waals surface area (Å²) in [4.78, 5) is 11.8. The number of fused-ring (bicyclic) bond motifs is 3. The Labute approximate surface area is 113 Å². The lowest BCUT2D eigenvalue weighted by Gasteiger charge is -2.18. The van der Waals surface area contributed by atoms with Crippen LogP contribution in [-0.4, -0.2) is 35.5 Å². The van der Waals surface area contributed by atoms with Crippen LogP contribution in [0.2, 0.25) is 0 Å². The molecule has 4 nitrogen and oxygen atoms in total. The zero-order chi connectivity index (χ0) is 13.4. The summed E-state index contributed by atoms with van der Waals surface area (Å²) in [6.07, 6.45) is 4.16. The molecule has 3 fully saturated rings. The van der Waals surface area contributed by atoms with Crippen LogP contribution in [-0.2, 0) is 19.0 Å². The van der Waals surface area contributed by atoms with E-state index in [4.69, 9.17) is 14.2 Å². The Hall–Kier alpha value is -0.870. The molecule has 0 N–H and O–H groups in total. The second-order valence-electron chi connectivity index (χ2n) is 6.83. The largest absolute Gasteiger partial charge is 0.454 e. The summed E-state index contributed by atoms with van der Waals surface area (Å²) in [7, 11) is 0. The molecule has 4 heteroatoms. The second kappa shape index (κ2) is 3.41. The van der Waals surface area contributed by atoms with Gasteiger partial charge >= 0.3 is 5.97 Å². The standard InChI is InChI=1S/C15H20O4/c1-8-9-6-12-14(2,19-12)5-4-11-15(3,18-11)7-10(9)17-13(8)16/h10-12H,4-7H2,1-3H3/t10-,11+,12+,14-,15+/m1/s1. The summed E-state index contributed by atoms with van der Waals surface area (Å²) >= 11 is 0. The molecule has 4 aliphatic rings. The maximum atomic E-state index is 11.8. The predicted octanol–water partition coefficient (Wildman–Crippen LogP) is 2.12. The molecule has 0 aromatic carbocycles. The minimum atomic E-state index is -0.164. The molecule has 0 aromatic heterocycles. The molecule has 19 heavy (non-hydrogen) atoms. The number of epoxide rings is 2. The van der Waals surface area contributed by atoms with E-state index >= 15 is 0 Å². The maximum Gasteiger partial charge on any atom is 0.334 e. The van der Waals surface area contributed by atoms with Crippen molar-refractivity contribution in [1.29, 1.82) is 0 Å². The molecule has 0 spiro atoms. The van der Waals surface area contributed by atoms with Crippen molar-refractivity contribution >= 4 is 5.97 Å². The molecule has 0 bridgehead atoms. The number of hydrogen-bond donors (Lipinski definition) is 0. The minimum absolute atomic E-state index is 0.0202. The van der Waals surface area contributed by atoms with Gasteiger partial charge in [-0.2, -0.15) is 0 Å². The molecule has 1 aliphatic carbocycles. The van der Waals surface area contributed by atoms with E-state index < -0.39 is 0 Å². The summed E-state index contributed by atoms with van der Waals surface area (Å²) in [5.41, 5.74) is 1.78. The molecule has 2 saturated heterocycles. The average molecular weight is 264 g/mol. The quantitative estimate of drug-likeness (QED) is 0.497. The molecular weight excluding hydrogens is 244 g/mol. The van der Waals surface area contributed by atoms with Gasteiger partial charge < -0.3 is 14.2 Å². The van der Waals surface area contributed by atoms with Gasteiger partial charge in [0.1, 0.15) is 6.10 Å². The fourth-order valence-corrected chi connectivity index (χ4v) is 3.70. The van der Waals surface area contributed by atoms with Crippen molar-refractivity contribution in [3.05, 3.63) is 11.1 Å². The number of esters is 1. The number of carbonyl (C=O) groups is 1. The highest BCUT2D eigenvalue weighted by atomic mass is 16.6. The molecule has 104 valence electrons. The summed E-state index contributed by atoms with van der Waals surface area (Å²) in [6, 6.07) is 0. The van der Waals surface area contributed by atoms with E-state index in [1.54, 1.807) is 0 Å². The molecule has 0 aromatic rings. The Bertz CT molecular complexity index is 496. The van der Waals surface area contributed by atoms with E-state index in [0.29, 0.717) is 6.10 Å². The molecule has 3 aliphatic heterocycles. The van der Waals surface area contributed by atoms with Crippen LogP contribution < -0.4 is 0 Å². The third-order valence-electron chi connectivity index (χ3n) is 5.40. The molecule has 4 rings (SSSR count). The smallest absolute Gasteiger partial charge is 0.334 e. The van der Waals surface area contributed by atoms with Crippen LogP contribution >= 0.6 is 0 Å². The zero-order valence-corrected chi connectivity index (χ0v) is 11.7. The number of rotatable bonds is 0. The van der Waals surface area contributed by atoms with E-state index in [1.165, 1.54) is 0 Å². The van der Waals surface area contributed by atoms with Gasteiger partial charge in [0.15, 0.2) is 0 Å². The van der Waals surface area contributed by atoms with Gasteiger partial charge in [-0.15, -0.1) is 0 Å². The van der Waals surface area contributed by atoms with Gasteiger partial charge in [0.05, 0.1) is 23.4 Å². The van der Waals surface area contributed by atoms with Gasteiger partial charge in [-0.25, -0.2) is 4.79 Å². The van der Waals surface area contributed by atoms with Crippen molar-refractivity contribution in [3.8, 4) is 0 Å². The molecule has 0 amide bonds. The first kappa shape index (κ1) is 11.9. The summed E-state index contributed by atoms with van der Waals surface area (Å²) in [5.74, 6) is -0.164. The SMILES string of the molecule is CC1=C2C[C@@H]3O[C@]3(C)CC[C@@H]3O[C@@]3(C)C[C@H]2OC1=O. The summed E-state index contributed by atoms with van der Waals surface area (Å²) in [5, 5.41) is 0. The van der Waals surface area contributed by atoms with Crippen LogP contribution in [0.1, 0.15) is 46.5 Å². The van der Waals surface area contributed by atoms with Gasteiger partial charge in [0.2, 0.25) is 0 Å². The Morgan fingerprint density at radius 2 is 1.89 bits per heavy atom.